The van der Waals surface area contributed by atoms with Crippen molar-refractivity contribution < 1.29 is 14.2 Å². The summed E-state index contributed by atoms with van der Waals surface area (Å²) in [6.07, 6.45) is 4.01. The molecule has 1 atom stereocenters. The lowest BCUT2D eigenvalue weighted by molar-refractivity contribution is -0.228. The number of benzene rings is 1. The molecule has 0 saturated heterocycles. The first kappa shape index (κ1) is 16.3. The Hall–Kier alpha value is -1.10. The number of hydrogen-bond donors (Lipinski definition) is 1. The zero-order valence-electron chi connectivity index (χ0n) is 13.3. The van der Waals surface area contributed by atoms with Crippen LogP contribution in [-0.4, -0.2) is 33.7 Å². The SMILES string of the molecule is COc1ccc(C(CN)C2CCC(OC)(OC)CC2)cc1. The molecule has 4 nitrogen and oxygen atoms in total. The normalized spacial score (nSPS) is 20.2. The van der Waals surface area contributed by atoms with Gasteiger partial charge in [-0.2, -0.15) is 0 Å². The highest BCUT2D eigenvalue weighted by molar-refractivity contribution is 5.30. The molecule has 0 aliphatic heterocycles. The van der Waals surface area contributed by atoms with Gasteiger partial charge in [0, 0.05) is 27.1 Å². The van der Waals surface area contributed by atoms with Crippen LogP contribution in [0.25, 0.3) is 0 Å². The average molecular weight is 293 g/mol. The van der Waals surface area contributed by atoms with E-state index in [9.17, 15) is 0 Å². The van der Waals surface area contributed by atoms with E-state index in [1.807, 2.05) is 12.1 Å². The predicted octanol–water partition coefficient (Wildman–Crippen LogP) is 2.92. The van der Waals surface area contributed by atoms with Gasteiger partial charge in [-0.3, -0.25) is 0 Å². The van der Waals surface area contributed by atoms with E-state index in [1.165, 1.54) is 5.56 Å². The molecule has 0 spiro atoms. The molecule has 0 aromatic heterocycles. The molecule has 0 bridgehead atoms. The first-order valence-electron chi connectivity index (χ1n) is 7.62. The van der Waals surface area contributed by atoms with Gasteiger partial charge in [0.1, 0.15) is 5.75 Å². The van der Waals surface area contributed by atoms with E-state index in [2.05, 4.69) is 12.1 Å². The van der Waals surface area contributed by atoms with Crippen molar-refractivity contribution in [2.24, 2.45) is 11.7 Å². The van der Waals surface area contributed by atoms with Gasteiger partial charge >= 0.3 is 0 Å². The fraction of sp³-hybridized carbons (Fsp3) is 0.647. The molecule has 1 aromatic carbocycles. The highest BCUT2D eigenvalue weighted by Gasteiger charge is 2.37. The smallest absolute Gasteiger partial charge is 0.167 e. The van der Waals surface area contributed by atoms with Crippen LogP contribution < -0.4 is 10.5 Å². The molecule has 1 saturated carbocycles. The van der Waals surface area contributed by atoms with Gasteiger partial charge in [-0.15, -0.1) is 0 Å². The number of nitrogens with two attached hydrogens (primary N) is 1. The summed E-state index contributed by atoms with van der Waals surface area (Å²) in [6, 6.07) is 8.28. The molecular formula is C17H27NO3. The second kappa shape index (κ2) is 7.25. The van der Waals surface area contributed by atoms with Crippen molar-refractivity contribution >= 4 is 0 Å². The van der Waals surface area contributed by atoms with Crippen LogP contribution in [0.3, 0.4) is 0 Å². The number of ether oxygens (including phenoxy) is 3. The molecule has 0 amide bonds. The Bertz CT molecular complexity index is 418. The molecule has 2 rings (SSSR count). The van der Waals surface area contributed by atoms with E-state index < -0.39 is 5.79 Å². The quantitative estimate of drug-likeness (QED) is 0.819. The van der Waals surface area contributed by atoms with Crippen molar-refractivity contribution in [1.29, 1.82) is 0 Å². The monoisotopic (exact) mass is 293 g/mol. The van der Waals surface area contributed by atoms with E-state index in [0.29, 0.717) is 18.4 Å². The minimum atomic E-state index is -0.393. The van der Waals surface area contributed by atoms with Crippen molar-refractivity contribution in [2.75, 3.05) is 27.9 Å². The predicted molar refractivity (Wildman–Crippen MR) is 83.5 cm³/mol. The summed E-state index contributed by atoms with van der Waals surface area (Å²) < 4.78 is 16.3. The highest BCUT2D eigenvalue weighted by atomic mass is 16.7. The van der Waals surface area contributed by atoms with Crippen LogP contribution in [0, 0.1) is 5.92 Å². The second-order valence-corrected chi connectivity index (χ2v) is 5.77. The zero-order valence-corrected chi connectivity index (χ0v) is 13.3. The van der Waals surface area contributed by atoms with E-state index >= 15 is 0 Å². The molecule has 1 aromatic rings. The van der Waals surface area contributed by atoms with Crippen molar-refractivity contribution in [1.82, 2.24) is 0 Å². The molecular weight excluding hydrogens is 266 g/mol. The standard InChI is InChI=1S/C17H27NO3/c1-19-15-6-4-13(5-7-15)16(12-18)14-8-10-17(20-2,21-3)11-9-14/h4-7,14,16H,8-12,18H2,1-3H3. The third-order valence-corrected chi connectivity index (χ3v) is 4.90. The molecule has 0 radical (unpaired) electrons. The maximum atomic E-state index is 6.05. The van der Waals surface area contributed by atoms with E-state index in [0.717, 1.165) is 31.4 Å². The second-order valence-electron chi connectivity index (χ2n) is 5.77. The first-order chi connectivity index (χ1) is 10.2. The van der Waals surface area contributed by atoms with Gasteiger partial charge in [-0.25, -0.2) is 0 Å². The van der Waals surface area contributed by atoms with Crippen molar-refractivity contribution in [3.05, 3.63) is 29.8 Å². The fourth-order valence-corrected chi connectivity index (χ4v) is 3.43. The van der Waals surface area contributed by atoms with Crippen LogP contribution >= 0.6 is 0 Å². The van der Waals surface area contributed by atoms with Gasteiger partial charge in [0.25, 0.3) is 0 Å². The van der Waals surface area contributed by atoms with Gasteiger partial charge in [0.2, 0.25) is 0 Å². The topological polar surface area (TPSA) is 53.7 Å². The summed E-state index contributed by atoms with van der Waals surface area (Å²) >= 11 is 0. The van der Waals surface area contributed by atoms with E-state index in [1.54, 1.807) is 21.3 Å². The summed E-state index contributed by atoms with van der Waals surface area (Å²) in [5, 5.41) is 0. The Morgan fingerprint density at radius 3 is 2.10 bits per heavy atom. The van der Waals surface area contributed by atoms with Crippen molar-refractivity contribution in [3.8, 4) is 5.75 Å². The minimum Gasteiger partial charge on any atom is -0.497 e. The minimum absolute atomic E-state index is 0.391. The molecule has 1 fully saturated rings. The summed E-state index contributed by atoms with van der Waals surface area (Å²) in [5.41, 5.74) is 7.34. The molecule has 4 heteroatoms. The summed E-state index contributed by atoms with van der Waals surface area (Å²) in [6.45, 7) is 0.671. The molecule has 118 valence electrons. The van der Waals surface area contributed by atoms with Crippen LogP contribution in [0.15, 0.2) is 24.3 Å². The number of methoxy groups -OCH3 is 3. The number of hydrogen-bond acceptors (Lipinski definition) is 4. The Morgan fingerprint density at radius 2 is 1.67 bits per heavy atom. The summed E-state index contributed by atoms with van der Waals surface area (Å²) in [4.78, 5) is 0. The molecule has 1 aliphatic carbocycles. The van der Waals surface area contributed by atoms with Crippen LogP contribution in [0.4, 0.5) is 0 Å². The first-order valence-corrected chi connectivity index (χ1v) is 7.62. The Kier molecular flexibility index (Phi) is 5.62. The number of rotatable bonds is 6. The van der Waals surface area contributed by atoms with Crippen LogP contribution in [-0.2, 0) is 9.47 Å². The maximum Gasteiger partial charge on any atom is 0.167 e. The van der Waals surface area contributed by atoms with E-state index in [-0.39, 0.29) is 0 Å². The lowest BCUT2D eigenvalue weighted by Gasteiger charge is -2.40. The third kappa shape index (κ3) is 3.57. The largest absolute Gasteiger partial charge is 0.497 e. The molecule has 1 unspecified atom stereocenters. The maximum absolute atomic E-state index is 6.05. The third-order valence-electron chi connectivity index (χ3n) is 4.90. The Morgan fingerprint density at radius 1 is 1.10 bits per heavy atom. The molecule has 21 heavy (non-hydrogen) atoms. The van der Waals surface area contributed by atoms with Crippen molar-refractivity contribution in [2.45, 2.75) is 37.4 Å². The highest BCUT2D eigenvalue weighted by Crippen LogP contribution is 2.41. The van der Waals surface area contributed by atoms with E-state index in [4.69, 9.17) is 19.9 Å². The fourth-order valence-electron chi connectivity index (χ4n) is 3.43. The zero-order chi connectivity index (χ0) is 15.3. The summed E-state index contributed by atoms with van der Waals surface area (Å²) in [7, 11) is 5.15. The van der Waals surface area contributed by atoms with Gasteiger partial charge in [0.05, 0.1) is 7.11 Å². The summed E-state index contributed by atoms with van der Waals surface area (Å²) in [5.74, 6) is 1.47. The Labute approximate surface area is 127 Å². The molecule has 1 aliphatic rings. The van der Waals surface area contributed by atoms with Gasteiger partial charge in [0.15, 0.2) is 5.79 Å². The van der Waals surface area contributed by atoms with Crippen LogP contribution in [0.1, 0.15) is 37.2 Å². The van der Waals surface area contributed by atoms with Crippen LogP contribution in [0.5, 0.6) is 5.75 Å². The lowest BCUT2D eigenvalue weighted by Crippen LogP contribution is -2.39. The van der Waals surface area contributed by atoms with Gasteiger partial charge in [-0.05, 0) is 48.9 Å². The lowest BCUT2D eigenvalue weighted by atomic mass is 9.75. The van der Waals surface area contributed by atoms with Gasteiger partial charge in [-0.1, -0.05) is 12.1 Å². The molecule has 0 heterocycles. The average Bonchev–Trinajstić information content (AvgIpc) is 2.57. The van der Waals surface area contributed by atoms with Crippen molar-refractivity contribution in [3.63, 3.8) is 0 Å². The Balaban J connectivity index is 2.05. The van der Waals surface area contributed by atoms with Crippen LogP contribution in [0.2, 0.25) is 0 Å². The molecule has 2 N–H and O–H groups in total. The van der Waals surface area contributed by atoms with Gasteiger partial charge < -0.3 is 19.9 Å².